The Hall–Kier alpha value is -2.91. The average molecular weight is 399 g/mol. The van der Waals surface area contributed by atoms with Gasteiger partial charge in [-0.3, -0.25) is 4.79 Å². The van der Waals surface area contributed by atoms with Gasteiger partial charge in [0.15, 0.2) is 12.4 Å². The molecule has 6 nitrogen and oxygen atoms in total. The van der Waals surface area contributed by atoms with E-state index in [0.29, 0.717) is 19.4 Å². The molecule has 0 N–H and O–H groups in total. The van der Waals surface area contributed by atoms with E-state index in [9.17, 15) is 22.4 Å². The number of ether oxygens (including phenoxy) is 2. The first-order valence-electron chi connectivity index (χ1n) is 8.53. The molecule has 1 aromatic carbocycles. The zero-order valence-corrected chi connectivity index (χ0v) is 14.7. The largest absolute Gasteiger partial charge is 0.484 e. The minimum Gasteiger partial charge on any atom is -0.484 e. The molecule has 1 fully saturated rings. The monoisotopic (exact) mass is 399 g/mol. The first kappa shape index (κ1) is 19.8. The van der Waals surface area contributed by atoms with Crippen LogP contribution in [-0.4, -0.2) is 46.6 Å². The molecule has 0 spiro atoms. The number of benzene rings is 1. The standard InChI is InChI=1S/C18H17F4N3O3/c19-13-8-23-17(24-9-13)28-15-5-2-6-25(10-15)16(26)11-27-14-4-1-3-12(7-14)18(20,21)22/h1,3-4,7-9,15H,2,5-6,10-11H2/t15-/m0/s1. The molecule has 0 bridgehead atoms. The number of aromatic nitrogens is 2. The SMILES string of the molecule is O=C(COc1cccc(C(F)(F)F)c1)N1CCC[C@H](Oc2ncc(F)cn2)C1. The predicted molar refractivity (Wildman–Crippen MR) is 89.2 cm³/mol. The first-order chi connectivity index (χ1) is 13.3. The molecule has 0 aliphatic carbocycles. The van der Waals surface area contributed by atoms with Gasteiger partial charge in [-0.25, -0.2) is 14.4 Å². The van der Waals surface area contributed by atoms with Crippen molar-refractivity contribution in [3.05, 3.63) is 48.0 Å². The third-order valence-electron chi connectivity index (χ3n) is 4.12. The number of carbonyl (C=O) groups excluding carboxylic acids is 1. The summed E-state index contributed by atoms with van der Waals surface area (Å²) in [5, 5.41) is 0. The fourth-order valence-corrected chi connectivity index (χ4v) is 2.77. The quantitative estimate of drug-likeness (QED) is 0.723. The topological polar surface area (TPSA) is 64.5 Å². The van der Waals surface area contributed by atoms with E-state index in [1.165, 1.54) is 17.0 Å². The third kappa shape index (κ3) is 5.30. The van der Waals surface area contributed by atoms with Crippen LogP contribution >= 0.6 is 0 Å². The Morgan fingerprint density at radius 3 is 2.71 bits per heavy atom. The molecule has 1 aliphatic heterocycles. The molecule has 2 heterocycles. The van der Waals surface area contributed by atoms with Gasteiger partial charge < -0.3 is 14.4 Å². The van der Waals surface area contributed by atoms with E-state index in [2.05, 4.69) is 9.97 Å². The van der Waals surface area contributed by atoms with Crippen LogP contribution in [0.25, 0.3) is 0 Å². The Morgan fingerprint density at radius 2 is 2.00 bits per heavy atom. The van der Waals surface area contributed by atoms with E-state index in [1.807, 2.05) is 0 Å². The maximum atomic E-state index is 12.8. The lowest BCUT2D eigenvalue weighted by Crippen LogP contribution is -2.46. The fraction of sp³-hybridized carbons (Fsp3) is 0.389. The van der Waals surface area contributed by atoms with Gasteiger partial charge in [0.1, 0.15) is 11.9 Å². The van der Waals surface area contributed by atoms with E-state index < -0.39 is 17.6 Å². The second-order valence-corrected chi connectivity index (χ2v) is 6.22. The lowest BCUT2D eigenvalue weighted by atomic mass is 10.1. The molecule has 10 heteroatoms. The zero-order valence-electron chi connectivity index (χ0n) is 14.7. The Kier molecular flexibility index (Phi) is 5.96. The highest BCUT2D eigenvalue weighted by atomic mass is 19.4. The number of alkyl halides is 3. The molecule has 0 radical (unpaired) electrons. The van der Waals surface area contributed by atoms with E-state index in [0.717, 1.165) is 24.5 Å². The highest BCUT2D eigenvalue weighted by Crippen LogP contribution is 2.31. The maximum absolute atomic E-state index is 12.8. The van der Waals surface area contributed by atoms with Gasteiger partial charge in [0, 0.05) is 6.54 Å². The van der Waals surface area contributed by atoms with Crippen molar-refractivity contribution >= 4 is 5.91 Å². The molecule has 150 valence electrons. The number of hydrogen-bond donors (Lipinski definition) is 0. The van der Waals surface area contributed by atoms with Crippen molar-refractivity contribution in [2.45, 2.75) is 25.1 Å². The van der Waals surface area contributed by atoms with Crippen LogP contribution < -0.4 is 9.47 Å². The van der Waals surface area contributed by atoms with Crippen LogP contribution in [0.4, 0.5) is 17.6 Å². The van der Waals surface area contributed by atoms with Gasteiger partial charge in [-0.05, 0) is 31.0 Å². The Labute approximate surface area is 158 Å². The van der Waals surface area contributed by atoms with Crippen molar-refractivity contribution in [1.82, 2.24) is 14.9 Å². The minimum atomic E-state index is -4.48. The van der Waals surface area contributed by atoms with Crippen molar-refractivity contribution in [2.24, 2.45) is 0 Å². The number of piperidine rings is 1. The fourth-order valence-electron chi connectivity index (χ4n) is 2.77. The molecule has 1 amide bonds. The van der Waals surface area contributed by atoms with E-state index in [-0.39, 0.29) is 36.9 Å². The van der Waals surface area contributed by atoms with Crippen molar-refractivity contribution in [3.63, 3.8) is 0 Å². The zero-order chi connectivity index (χ0) is 20.1. The molecule has 1 atom stereocenters. The molecule has 1 aromatic heterocycles. The van der Waals surface area contributed by atoms with Crippen molar-refractivity contribution < 1.29 is 31.8 Å². The Morgan fingerprint density at radius 1 is 1.25 bits per heavy atom. The maximum Gasteiger partial charge on any atom is 0.416 e. The molecular formula is C18H17F4N3O3. The number of rotatable bonds is 5. The van der Waals surface area contributed by atoms with E-state index in [1.54, 1.807) is 0 Å². The Balaban J connectivity index is 1.53. The van der Waals surface area contributed by atoms with Gasteiger partial charge in [0.05, 0.1) is 24.5 Å². The second-order valence-electron chi connectivity index (χ2n) is 6.22. The summed E-state index contributed by atoms with van der Waals surface area (Å²) >= 11 is 0. The molecule has 1 saturated heterocycles. The molecule has 3 rings (SSSR count). The predicted octanol–water partition coefficient (Wildman–Crippen LogP) is 3.08. The van der Waals surface area contributed by atoms with Gasteiger partial charge in [-0.1, -0.05) is 6.07 Å². The van der Waals surface area contributed by atoms with Gasteiger partial charge in [0.2, 0.25) is 0 Å². The molecular weight excluding hydrogens is 382 g/mol. The van der Waals surface area contributed by atoms with Crippen molar-refractivity contribution in [1.29, 1.82) is 0 Å². The summed E-state index contributed by atoms with van der Waals surface area (Å²) in [6.45, 7) is 0.349. The second kappa shape index (κ2) is 8.41. The van der Waals surface area contributed by atoms with Crippen LogP contribution in [0.5, 0.6) is 11.8 Å². The van der Waals surface area contributed by atoms with Crippen LogP contribution in [0, 0.1) is 5.82 Å². The average Bonchev–Trinajstić information content (AvgIpc) is 2.68. The number of nitrogens with zero attached hydrogens (tertiary/aromatic N) is 3. The van der Waals surface area contributed by atoms with E-state index >= 15 is 0 Å². The Bertz CT molecular complexity index is 814. The van der Waals surface area contributed by atoms with Gasteiger partial charge in [-0.2, -0.15) is 13.2 Å². The number of likely N-dealkylation sites (tertiary alicyclic amines) is 1. The molecule has 28 heavy (non-hydrogen) atoms. The van der Waals surface area contributed by atoms with Crippen LogP contribution in [0.1, 0.15) is 18.4 Å². The number of carbonyl (C=O) groups is 1. The number of hydrogen-bond acceptors (Lipinski definition) is 5. The van der Waals surface area contributed by atoms with Gasteiger partial charge in [0.25, 0.3) is 5.91 Å². The summed E-state index contributed by atoms with van der Waals surface area (Å²) in [5.74, 6) is -0.988. The molecule has 2 aromatic rings. The summed E-state index contributed by atoms with van der Waals surface area (Å²) in [7, 11) is 0. The first-order valence-corrected chi connectivity index (χ1v) is 8.53. The highest BCUT2D eigenvalue weighted by Gasteiger charge is 2.31. The summed E-state index contributed by atoms with van der Waals surface area (Å²) < 4.78 is 61.8. The molecule has 0 unspecified atom stereocenters. The summed E-state index contributed by atoms with van der Waals surface area (Å²) in [5.41, 5.74) is -0.844. The highest BCUT2D eigenvalue weighted by molar-refractivity contribution is 5.77. The smallest absolute Gasteiger partial charge is 0.416 e. The summed E-state index contributed by atoms with van der Waals surface area (Å²) in [6.07, 6.45) is -1.55. The van der Waals surface area contributed by atoms with Crippen LogP contribution in [0.3, 0.4) is 0 Å². The molecule has 0 saturated carbocycles. The van der Waals surface area contributed by atoms with E-state index in [4.69, 9.17) is 9.47 Å². The summed E-state index contributed by atoms with van der Waals surface area (Å²) in [6, 6.07) is 4.37. The third-order valence-corrected chi connectivity index (χ3v) is 4.12. The van der Waals surface area contributed by atoms with Crippen LogP contribution in [0.15, 0.2) is 36.7 Å². The number of halogens is 4. The summed E-state index contributed by atoms with van der Waals surface area (Å²) in [4.78, 5) is 21.3. The number of amides is 1. The normalized spacial score (nSPS) is 17.3. The van der Waals surface area contributed by atoms with Gasteiger partial charge in [-0.15, -0.1) is 0 Å². The molecule has 1 aliphatic rings. The lowest BCUT2D eigenvalue weighted by Gasteiger charge is -2.32. The van der Waals surface area contributed by atoms with Crippen LogP contribution in [0.2, 0.25) is 0 Å². The van der Waals surface area contributed by atoms with Crippen molar-refractivity contribution in [2.75, 3.05) is 19.7 Å². The van der Waals surface area contributed by atoms with Crippen molar-refractivity contribution in [3.8, 4) is 11.8 Å². The lowest BCUT2D eigenvalue weighted by molar-refractivity contribution is -0.137. The van der Waals surface area contributed by atoms with Gasteiger partial charge >= 0.3 is 12.2 Å². The van der Waals surface area contributed by atoms with Crippen LogP contribution in [-0.2, 0) is 11.0 Å². The minimum absolute atomic E-state index is 0.0147.